The molecule has 0 aliphatic carbocycles. The zero-order chi connectivity index (χ0) is 14.8. The average Bonchev–Trinajstić information content (AvgIpc) is 3.17. The number of nitrogens with zero attached hydrogens (tertiary/aromatic N) is 1. The fourth-order valence-corrected chi connectivity index (χ4v) is 3.97. The van der Waals surface area contributed by atoms with Gasteiger partial charge in [0, 0.05) is 12.1 Å². The third kappa shape index (κ3) is 2.83. The van der Waals surface area contributed by atoms with E-state index >= 15 is 0 Å². The molecule has 116 valence electrons. The summed E-state index contributed by atoms with van der Waals surface area (Å²) in [6.45, 7) is 5.76. The quantitative estimate of drug-likeness (QED) is 0.939. The molecule has 1 aromatic carbocycles. The minimum Gasteiger partial charge on any atom is -0.460 e. The normalized spacial score (nSPS) is 21.5. The molecule has 0 amide bonds. The molecule has 4 rings (SSSR count). The summed E-state index contributed by atoms with van der Waals surface area (Å²) in [5, 5.41) is 3.48. The number of benzene rings is 1. The lowest BCUT2D eigenvalue weighted by atomic mass is 9.78. The van der Waals surface area contributed by atoms with Gasteiger partial charge in [0.15, 0.2) is 0 Å². The van der Waals surface area contributed by atoms with E-state index in [1.807, 2.05) is 6.07 Å². The molecule has 2 aliphatic rings. The molecule has 22 heavy (non-hydrogen) atoms. The topological polar surface area (TPSA) is 28.4 Å². The van der Waals surface area contributed by atoms with E-state index in [2.05, 4.69) is 46.6 Å². The van der Waals surface area contributed by atoms with Crippen molar-refractivity contribution in [3.8, 4) is 11.3 Å². The average molecular weight is 296 g/mol. The van der Waals surface area contributed by atoms with Gasteiger partial charge < -0.3 is 9.73 Å². The van der Waals surface area contributed by atoms with Crippen molar-refractivity contribution in [1.29, 1.82) is 0 Å². The van der Waals surface area contributed by atoms with Gasteiger partial charge in [-0.25, -0.2) is 0 Å². The Morgan fingerprint density at radius 1 is 1.00 bits per heavy atom. The highest BCUT2D eigenvalue weighted by Crippen LogP contribution is 2.39. The van der Waals surface area contributed by atoms with Crippen LogP contribution in [0.3, 0.4) is 0 Å². The Morgan fingerprint density at radius 3 is 2.64 bits per heavy atom. The largest absolute Gasteiger partial charge is 0.460 e. The third-order valence-electron chi connectivity index (χ3n) is 5.28. The molecular weight excluding hydrogens is 272 g/mol. The molecule has 0 bridgehead atoms. The van der Waals surface area contributed by atoms with E-state index in [4.69, 9.17) is 4.42 Å². The molecule has 3 heteroatoms. The number of rotatable bonds is 3. The lowest BCUT2D eigenvalue weighted by molar-refractivity contribution is 0.189. The van der Waals surface area contributed by atoms with Crippen LogP contribution in [-0.4, -0.2) is 31.1 Å². The van der Waals surface area contributed by atoms with E-state index < -0.39 is 0 Å². The van der Waals surface area contributed by atoms with E-state index in [0.29, 0.717) is 5.41 Å². The predicted molar refractivity (Wildman–Crippen MR) is 88.6 cm³/mol. The smallest absolute Gasteiger partial charge is 0.134 e. The molecule has 0 atom stereocenters. The van der Waals surface area contributed by atoms with Gasteiger partial charge in [-0.1, -0.05) is 30.3 Å². The van der Waals surface area contributed by atoms with Gasteiger partial charge in [-0.2, -0.15) is 0 Å². The number of nitrogens with one attached hydrogen (secondary N) is 1. The second-order valence-electron chi connectivity index (χ2n) is 6.84. The minimum atomic E-state index is 0.570. The SMILES string of the molecule is c1ccc(-c2ccc(CN3CCC4(CCNCC4)C3)o2)cc1. The molecule has 0 saturated carbocycles. The lowest BCUT2D eigenvalue weighted by Gasteiger charge is -2.33. The fourth-order valence-electron chi connectivity index (χ4n) is 3.97. The van der Waals surface area contributed by atoms with Crippen molar-refractivity contribution in [2.45, 2.75) is 25.8 Å². The first-order valence-corrected chi connectivity index (χ1v) is 8.40. The zero-order valence-electron chi connectivity index (χ0n) is 13.1. The number of likely N-dealkylation sites (tertiary alicyclic amines) is 1. The van der Waals surface area contributed by atoms with Crippen molar-refractivity contribution in [1.82, 2.24) is 10.2 Å². The van der Waals surface area contributed by atoms with Crippen LogP contribution in [-0.2, 0) is 6.54 Å². The van der Waals surface area contributed by atoms with Crippen LogP contribution in [0.5, 0.6) is 0 Å². The third-order valence-corrected chi connectivity index (χ3v) is 5.28. The Bertz CT molecular complexity index is 613. The molecule has 1 aromatic heterocycles. The first-order chi connectivity index (χ1) is 10.8. The van der Waals surface area contributed by atoms with Gasteiger partial charge in [-0.3, -0.25) is 4.90 Å². The van der Waals surface area contributed by atoms with Gasteiger partial charge in [-0.15, -0.1) is 0 Å². The molecule has 2 aromatic rings. The Morgan fingerprint density at radius 2 is 1.82 bits per heavy atom. The summed E-state index contributed by atoms with van der Waals surface area (Å²) in [7, 11) is 0. The first kappa shape index (κ1) is 14.0. The lowest BCUT2D eigenvalue weighted by Crippen LogP contribution is -2.38. The minimum absolute atomic E-state index is 0.570. The van der Waals surface area contributed by atoms with E-state index in [1.54, 1.807) is 0 Å². The molecule has 0 radical (unpaired) electrons. The van der Waals surface area contributed by atoms with Crippen molar-refractivity contribution in [2.75, 3.05) is 26.2 Å². The van der Waals surface area contributed by atoms with E-state index in [9.17, 15) is 0 Å². The summed E-state index contributed by atoms with van der Waals surface area (Å²) in [4.78, 5) is 2.57. The summed E-state index contributed by atoms with van der Waals surface area (Å²) < 4.78 is 6.05. The van der Waals surface area contributed by atoms with Crippen LogP contribution in [0.4, 0.5) is 0 Å². The Hall–Kier alpha value is -1.58. The maximum atomic E-state index is 6.05. The van der Waals surface area contributed by atoms with Gasteiger partial charge >= 0.3 is 0 Å². The Balaban J connectivity index is 1.41. The maximum absolute atomic E-state index is 6.05. The van der Waals surface area contributed by atoms with Gasteiger partial charge in [-0.05, 0) is 56.4 Å². The Kier molecular flexibility index (Phi) is 3.77. The highest BCUT2D eigenvalue weighted by atomic mass is 16.3. The number of hydrogen-bond donors (Lipinski definition) is 1. The van der Waals surface area contributed by atoms with E-state index in [-0.39, 0.29) is 0 Å². The molecule has 3 heterocycles. The molecule has 0 unspecified atom stereocenters. The predicted octanol–water partition coefficient (Wildman–Crippen LogP) is 3.52. The number of hydrogen-bond acceptors (Lipinski definition) is 3. The van der Waals surface area contributed by atoms with Crippen LogP contribution in [0, 0.1) is 5.41 Å². The van der Waals surface area contributed by atoms with Crippen LogP contribution in [0.15, 0.2) is 46.9 Å². The van der Waals surface area contributed by atoms with Crippen molar-refractivity contribution >= 4 is 0 Å². The van der Waals surface area contributed by atoms with Crippen molar-refractivity contribution < 1.29 is 4.42 Å². The number of piperidine rings is 1. The van der Waals surface area contributed by atoms with Crippen LogP contribution < -0.4 is 5.32 Å². The Labute approximate surface area is 132 Å². The monoisotopic (exact) mass is 296 g/mol. The second kappa shape index (κ2) is 5.90. The first-order valence-electron chi connectivity index (χ1n) is 8.40. The van der Waals surface area contributed by atoms with Crippen LogP contribution in [0.1, 0.15) is 25.0 Å². The molecule has 3 nitrogen and oxygen atoms in total. The molecule has 2 fully saturated rings. The van der Waals surface area contributed by atoms with Gasteiger partial charge in [0.05, 0.1) is 6.54 Å². The van der Waals surface area contributed by atoms with Crippen LogP contribution >= 0.6 is 0 Å². The van der Waals surface area contributed by atoms with Crippen molar-refractivity contribution in [3.63, 3.8) is 0 Å². The zero-order valence-corrected chi connectivity index (χ0v) is 13.1. The summed E-state index contributed by atoms with van der Waals surface area (Å²) in [5.41, 5.74) is 1.73. The molecule has 1 N–H and O–H groups in total. The molecular formula is C19H24N2O. The van der Waals surface area contributed by atoms with E-state index in [0.717, 1.165) is 23.6 Å². The molecule has 2 aliphatic heterocycles. The highest BCUT2D eigenvalue weighted by Gasteiger charge is 2.38. The van der Waals surface area contributed by atoms with Crippen molar-refractivity contribution in [3.05, 3.63) is 48.2 Å². The summed E-state index contributed by atoms with van der Waals surface area (Å²) >= 11 is 0. The second-order valence-corrected chi connectivity index (χ2v) is 6.84. The van der Waals surface area contributed by atoms with Crippen molar-refractivity contribution in [2.24, 2.45) is 5.41 Å². The standard InChI is InChI=1S/C19H24N2O/c1-2-4-16(5-3-1)18-7-6-17(22-18)14-21-13-10-19(15-21)8-11-20-12-9-19/h1-7,20H,8-15H2. The van der Waals surface area contributed by atoms with Crippen LogP contribution in [0.2, 0.25) is 0 Å². The van der Waals surface area contributed by atoms with Gasteiger partial charge in [0.25, 0.3) is 0 Å². The van der Waals surface area contributed by atoms with Crippen LogP contribution in [0.25, 0.3) is 11.3 Å². The number of furan rings is 1. The van der Waals surface area contributed by atoms with E-state index in [1.165, 1.54) is 45.4 Å². The highest BCUT2D eigenvalue weighted by molar-refractivity contribution is 5.57. The van der Waals surface area contributed by atoms with Gasteiger partial charge in [0.1, 0.15) is 11.5 Å². The fraction of sp³-hybridized carbons (Fsp3) is 0.474. The molecule has 1 spiro atoms. The van der Waals surface area contributed by atoms with Gasteiger partial charge in [0.2, 0.25) is 0 Å². The molecule has 2 saturated heterocycles. The summed E-state index contributed by atoms with van der Waals surface area (Å²) in [6, 6.07) is 14.6. The summed E-state index contributed by atoms with van der Waals surface area (Å²) in [6.07, 6.45) is 4.01. The summed E-state index contributed by atoms with van der Waals surface area (Å²) in [5.74, 6) is 2.07. The maximum Gasteiger partial charge on any atom is 0.134 e.